The van der Waals surface area contributed by atoms with Gasteiger partial charge >= 0.3 is 63.3 Å². The molecule has 2 heterocycles. The molecular formula is C37H48KN2O10S2+. The molecule has 2 aromatic carbocycles. The molecule has 0 atom stereocenters. The minimum atomic E-state index is -4.35. The Balaban J connectivity index is 0.00000729. The van der Waals surface area contributed by atoms with Crippen molar-refractivity contribution in [3.05, 3.63) is 82.6 Å². The van der Waals surface area contributed by atoms with Gasteiger partial charge in [0.05, 0.1) is 45.6 Å². The maximum Gasteiger partial charge on any atom is 1.00 e. The number of allylic oxidation sites excluding steroid dienone is 4. The largest absolute Gasteiger partial charge is 1.00 e. The van der Waals surface area contributed by atoms with Crippen LogP contribution in [0.1, 0.15) is 99.1 Å². The van der Waals surface area contributed by atoms with Gasteiger partial charge in [0.25, 0.3) is 10.1 Å². The Morgan fingerprint density at radius 1 is 0.846 bits per heavy atom. The van der Waals surface area contributed by atoms with Gasteiger partial charge in [-0.05, 0) is 88.9 Å². The second-order valence-electron chi connectivity index (χ2n) is 13.7. The van der Waals surface area contributed by atoms with E-state index < -0.39 is 48.8 Å². The Bertz CT molecular complexity index is 1980. The Morgan fingerprint density at radius 3 is 2.00 bits per heavy atom. The van der Waals surface area contributed by atoms with Crippen LogP contribution in [0.15, 0.2) is 60.3 Å². The van der Waals surface area contributed by atoms with Gasteiger partial charge in [0.1, 0.15) is 6.54 Å². The minimum Gasteiger partial charge on any atom is -0.748 e. The number of carbonyl (C=O) groups excluding carboxylic acids is 2. The maximum absolute atomic E-state index is 12.6. The standard InChI is InChI=1S/C37H48N2O10S2.K/c1-7-48-34(40)26-16-18-30-28(24-26)36(3,4)32(38(30)20-9-11-22-50(42,43)44)14-13-15-33-37(5,6)29-25-27(35(41)49-8-2)17-19-31(29)39(33)21-10-12-23-51(45,46)47;/h13-19,24-25H,7-12,20-23H2,1-6H3,(H-,42,43,44,45,46,47);/q;+1. The minimum absolute atomic E-state index is 0. The quantitative estimate of drug-likeness (QED) is 0.0874. The predicted octanol–water partition coefficient (Wildman–Crippen LogP) is 2.65. The van der Waals surface area contributed by atoms with Crippen LogP contribution in [0, 0.1) is 0 Å². The number of esters is 2. The number of fused-ring (bicyclic) bond motifs is 2. The summed E-state index contributed by atoms with van der Waals surface area (Å²) in [5.41, 5.74) is 5.07. The zero-order valence-electron chi connectivity index (χ0n) is 31.1. The van der Waals surface area contributed by atoms with E-state index in [1.54, 1.807) is 26.0 Å². The monoisotopic (exact) mass is 783 g/mol. The van der Waals surface area contributed by atoms with E-state index in [0.29, 0.717) is 37.1 Å². The molecule has 0 fully saturated rings. The van der Waals surface area contributed by atoms with Crippen molar-refractivity contribution in [2.45, 2.75) is 78.1 Å². The second-order valence-corrected chi connectivity index (χ2v) is 16.8. The van der Waals surface area contributed by atoms with E-state index in [4.69, 9.17) is 9.47 Å². The summed E-state index contributed by atoms with van der Waals surface area (Å²) < 4.78 is 78.5. The third kappa shape index (κ3) is 10.5. The van der Waals surface area contributed by atoms with Gasteiger partial charge in [-0.2, -0.15) is 13.0 Å². The Morgan fingerprint density at radius 2 is 1.42 bits per heavy atom. The van der Waals surface area contributed by atoms with Gasteiger partial charge in [0.15, 0.2) is 5.71 Å². The van der Waals surface area contributed by atoms with Crippen LogP contribution in [0.25, 0.3) is 0 Å². The second kappa shape index (κ2) is 17.9. The van der Waals surface area contributed by atoms with Gasteiger partial charge < -0.3 is 18.9 Å². The van der Waals surface area contributed by atoms with Crippen molar-refractivity contribution in [2.75, 3.05) is 42.7 Å². The summed E-state index contributed by atoms with van der Waals surface area (Å²) in [5, 5.41) is 0. The van der Waals surface area contributed by atoms with Crippen LogP contribution in [0.4, 0.5) is 11.4 Å². The molecule has 0 aromatic heterocycles. The molecule has 0 spiro atoms. The Kier molecular flexibility index (Phi) is 15.3. The van der Waals surface area contributed by atoms with Crippen molar-refractivity contribution in [3.63, 3.8) is 0 Å². The van der Waals surface area contributed by atoms with Crippen LogP contribution in [0.5, 0.6) is 0 Å². The van der Waals surface area contributed by atoms with E-state index in [9.17, 15) is 35.5 Å². The normalized spacial score (nSPS) is 16.9. The van der Waals surface area contributed by atoms with Crippen LogP contribution in [0.3, 0.4) is 0 Å². The number of benzene rings is 2. The zero-order valence-corrected chi connectivity index (χ0v) is 35.9. The van der Waals surface area contributed by atoms with Gasteiger partial charge in [0.2, 0.25) is 5.69 Å². The van der Waals surface area contributed by atoms with Crippen molar-refractivity contribution in [1.82, 2.24) is 0 Å². The van der Waals surface area contributed by atoms with Crippen LogP contribution in [-0.4, -0.2) is 86.0 Å². The number of unbranched alkanes of at least 4 members (excludes halogenated alkanes) is 2. The summed E-state index contributed by atoms with van der Waals surface area (Å²) in [6, 6.07) is 10.8. The summed E-state index contributed by atoms with van der Waals surface area (Å²) >= 11 is 0. The van der Waals surface area contributed by atoms with Crippen LogP contribution < -0.4 is 56.3 Å². The first-order valence-electron chi connectivity index (χ1n) is 17.1. The molecule has 52 heavy (non-hydrogen) atoms. The van der Waals surface area contributed by atoms with Gasteiger partial charge in [-0.1, -0.05) is 19.9 Å². The van der Waals surface area contributed by atoms with Crippen molar-refractivity contribution in [2.24, 2.45) is 0 Å². The first-order chi connectivity index (χ1) is 23.8. The molecule has 0 saturated heterocycles. The molecule has 0 amide bonds. The van der Waals surface area contributed by atoms with Gasteiger partial charge in [-0.15, -0.1) is 0 Å². The molecule has 4 rings (SSSR count). The molecule has 15 heteroatoms. The van der Waals surface area contributed by atoms with Crippen molar-refractivity contribution in [3.8, 4) is 0 Å². The maximum atomic E-state index is 12.6. The fraction of sp³-hybridized carbons (Fsp3) is 0.486. The van der Waals surface area contributed by atoms with Crippen molar-refractivity contribution in [1.29, 1.82) is 0 Å². The first-order valence-corrected chi connectivity index (χ1v) is 20.3. The zero-order chi connectivity index (χ0) is 37.8. The first kappa shape index (κ1) is 44.2. The van der Waals surface area contributed by atoms with E-state index in [-0.39, 0.29) is 83.2 Å². The third-order valence-electron chi connectivity index (χ3n) is 9.37. The average molecular weight is 784 g/mol. The number of rotatable bonds is 16. The van der Waals surface area contributed by atoms with Gasteiger partial charge in [0, 0.05) is 53.2 Å². The summed E-state index contributed by atoms with van der Waals surface area (Å²) in [6.45, 7) is 13.1. The summed E-state index contributed by atoms with van der Waals surface area (Å²) in [4.78, 5) is 27.4. The number of nitrogens with zero attached hydrogens (tertiary/aromatic N) is 2. The Hall–Kier alpha value is -2.21. The van der Waals surface area contributed by atoms with Crippen molar-refractivity contribution >= 4 is 49.3 Å². The van der Waals surface area contributed by atoms with Crippen LogP contribution in [-0.2, 0) is 40.5 Å². The molecule has 2 aromatic rings. The third-order valence-corrected chi connectivity index (χ3v) is 11.0. The molecule has 0 unspecified atom stereocenters. The van der Waals surface area contributed by atoms with E-state index in [0.717, 1.165) is 33.9 Å². The van der Waals surface area contributed by atoms with Crippen LogP contribution in [0.2, 0.25) is 0 Å². The Labute approximate surface area is 350 Å². The molecule has 0 bridgehead atoms. The molecular weight excluding hydrogens is 736 g/mol. The molecule has 0 aliphatic carbocycles. The average Bonchev–Trinajstić information content (AvgIpc) is 3.38. The van der Waals surface area contributed by atoms with E-state index in [1.165, 1.54) is 0 Å². The predicted molar refractivity (Wildman–Crippen MR) is 195 cm³/mol. The van der Waals surface area contributed by atoms with Gasteiger partial charge in [-0.25, -0.2) is 18.0 Å². The van der Waals surface area contributed by atoms with E-state index in [1.807, 2.05) is 56.3 Å². The number of hydrogen-bond donors (Lipinski definition) is 1. The molecule has 12 nitrogen and oxygen atoms in total. The molecule has 0 radical (unpaired) electrons. The smallest absolute Gasteiger partial charge is 0.748 e. The summed E-state index contributed by atoms with van der Waals surface area (Å²) in [6.07, 6.45) is 7.29. The molecule has 1 N–H and O–H groups in total. The van der Waals surface area contributed by atoms with Crippen LogP contribution >= 0.6 is 0 Å². The van der Waals surface area contributed by atoms with Gasteiger partial charge in [-0.3, -0.25) is 4.55 Å². The molecule has 0 saturated carbocycles. The number of ether oxygens (including phenoxy) is 2. The SMILES string of the molecule is CCOC(=O)c1ccc2c(c1)C(C)(C)C(/C=C/C=C1/N(CCCCS(=O)(=O)[O-])c3ccc(C(=O)OCC)cc3C1(C)C)=[N+]2CCCCS(=O)(=O)O.[K+]. The molecule has 278 valence electrons. The number of carbonyl (C=O) groups is 2. The number of anilines is 1. The number of hydrogen-bond acceptors (Lipinski definition) is 10. The van der Waals surface area contributed by atoms with E-state index >= 15 is 0 Å². The molecule has 2 aliphatic rings. The fourth-order valence-corrected chi connectivity index (χ4v) is 7.98. The van der Waals surface area contributed by atoms with Crippen molar-refractivity contribution < 1.29 is 101 Å². The molecule has 2 aliphatic heterocycles. The summed E-state index contributed by atoms with van der Waals surface area (Å²) in [7, 11) is -8.45. The fourth-order valence-electron chi connectivity index (χ4n) is 6.85. The van der Waals surface area contributed by atoms with E-state index in [2.05, 4.69) is 23.3 Å². The topological polar surface area (TPSA) is 170 Å². The summed E-state index contributed by atoms with van der Waals surface area (Å²) in [5.74, 6) is -1.65.